The molecular formula is C28H39NO5S. The largest absolute Gasteiger partial charge is 0.496 e. The van der Waals surface area contributed by atoms with Gasteiger partial charge in [-0.05, 0) is 30.0 Å². The number of benzene rings is 2. The maximum atomic E-state index is 12.6. The van der Waals surface area contributed by atoms with Crippen molar-refractivity contribution >= 4 is 15.7 Å². The fourth-order valence-corrected chi connectivity index (χ4v) is 5.90. The summed E-state index contributed by atoms with van der Waals surface area (Å²) in [5.41, 5.74) is 1.09. The lowest BCUT2D eigenvalue weighted by atomic mass is 9.86. The summed E-state index contributed by atoms with van der Waals surface area (Å²) in [5, 5.41) is 2.69. The Morgan fingerprint density at radius 3 is 2.51 bits per heavy atom. The second kappa shape index (κ2) is 14.1. The molecule has 1 aliphatic rings. The van der Waals surface area contributed by atoms with Crippen molar-refractivity contribution in [1.82, 2.24) is 5.32 Å². The second-order valence-electron chi connectivity index (χ2n) is 9.40. The average Bonchev–Trinajstić information content (AvgIpc) is 2.86. The van der Waals surface area contributed by atoms with Gasteiger partial charge in [0.15, 0.2) is 9.84 Å². The average molecular weight is 502 g/mol. The molecule has 0 unspecified atom stereocenters. The van der Waals surface area contributed by atoms with Crippen LogP contribution in [0.1, 0.15) is 73.7 Å². The van der Waals surface area contributed by atoms with Crippen molar-refractivity contribution in [3.05, 3.63) is 59.7 Å². The Kier molecular flexibility index (Phi) is 10.9. The van der Waals surface area contributed by atoms with Gasteiger partial charge in [0.05, 0.1) is 30.8 Å². The molecule has 0 aromatic heterocycles. The molecule has 1 saturated carbocycles. The molecule has 6 nitrogen and oxygen atoms in total. The zero-order valence-electron chi connectivity index (χ0n) is 20.8. The van der Waals surface area contributed by atoms with Gasteiger partial charge in [-0.2, -0.15) is 0 Å². The molecule has 0 radical (unpaired) electrons. The van der Waals surface area contributed by atoms with Crippen LogP contribution in [0, 0.1) is 5.92 Å². The van der Waals surface area contributed by atoms with Gasteiger partial charge in [-0.1, -0.05) is 81.7 Å². The number of hydrogen-bond acceptors (Lipinski definition) is 5. The lowest BCUT2D eigenvalue weighted by Crippen LogP contribution is -2.29. The number of rotatable bonds is 14. The van der Waals surface area contributed by atoms with Gasteiger partial charge in [-0.25, -0.2) is 8.42 Å². The zero-order valence-corrected chi connectivity index (χ0v) is 21.7. The quantitative estimate of drug-likeness (QED) is 0.343. The van der Waals surface area contributed by atoms with E-state index in [2.05, 4.69) is 5.32 Å². The van der Waals surface area contributed by atoms with Crippen LogP contribution >= 0.6 is 0 Å². The van der Waals surface area contributed by atoms with Gasteiger partial charge in [0, 0.05) is 12.6 Å². The maximum Gasteiger partial charge on any atom is 0.255 e. The van der Waals surface area contributed by atoms with Crippen molar-refractivity contribution < 1.29 is 22.7 Å². The van der Waals surface area contributed by atoms with E-state index in [0.717, 1.165) is 17.9 Å². The number of amides is 1. The molecule has 1 amide bonds. The van der Waals surface area contributed by atoms with Gasteiger partial charge in [0.1, 0.15) is 11.5 Å². The van der Waals surface area contributed by atoms with Gasteiger partial charge in [-0.15, -0.1) is 0 Å². The highest BCUT2D eigenvalue weighted by Gasteiger charge is 2.16. The van der Waals surface area contributed by atoms with E-state index < -0.39 is 9.84 Å². The molecule has 0 bridgehead atoms. The topological polar surface area (TPSA) is 81.7 Å². The first-order chi connectivity index (χ1) is 17.0. The number of ether oxygens (including phenoxy) is 2. The van der Waals surface area contributed by atoms with Crippen molar-refractivity contribution in [2.24, 2.45) is 5.92 Å². The Balaban J connectivity index is 1.39. The van der Waals surface area contributed by atoms with E-state index in [-0.39, 0.29) is 24.0 Å². The van der Waals surface area contributed by atoms with Crippen LogP contribution in [0.15, 0.2) is 48.5 Å². The van der Waals surface area contributed by atoms with Crippen LogP contribution in [0.4, 0.5) is 0 Å². The van der Waals surface area contributed by atoms with E-state index >= 15 is 0 Å². The Labute approximate surface area is 210 Å². The van der Waals surface area contributed by atoms with Crippen molar-refractivity contribution in [2.75, 3.05) is 26.0 Å². The highest BCUT2D eigenvalue weighted by Crippen LogP contribution is 2.28. The van der Waals surface area contributed by atoms with E-state index in [1.807, 2.05) is 18.2 Å². The van der Waals surface area contributed by atoms with Crippen molar-refractivity contribution in [3.8, 4) is 11.5 Å². The van der Waals surface area contributed by atoms with Gasteiger partial charge in [0.2, 0.25) is 0 Å². The molecule has 2 aromatic carbocycles. The minimum absolute atomic E-state index is 0.0380. The number of carbonyl (C=O) groups excluding carboxylic acids is 1. The third-order valence-electron chi connectivity index (χ3n) is 6.60. The molecule has 1 aliphatic carbocycles. The van der Waals surface area contributed by atoms with E-state index in [4.69, 9.17) is 9.47 Å². The first-order valence-corrected chi connectivity index (χ1v) is 14.6. The Morgan fingerprint density at radius 2 is 1.77 bits per heavy atom. The fourth-order valence-electron chi connectivity index (χ4n) is 4.64. The summed E-state index contributed by atoms with van der Waals surface area (Å²) in [6, 6.07) is 14.2. The van der Waals surface area contributed by atoms with Crippen molar-refractivity contribution in [1.29, 1.82) is 0 Å². The SMILES string of the molecule is COc1cc(OCCCCCC2CCCCC2)ccc1C(=O)NCCS(=O)(=O)Cc1ccccc1. The predicted molar refractivity (Wildman–Crippen MR) is 140 cm³/mol. The van der Waals surface area contributed by atoms with Gasteiger partial charge >= 0.3 is 0 Å². The van der Waals surface area contributed by atoms with Crippen LogP contribution in [0.3, 0.4) is 0 Å². The highest BCUT2D eigenvalue weighted by atomic mass is 32.2. The van der Waals surface area contributed by atoms with Gasteiger partial charge in [-0.3, -0.25) is 4.79 Å². The Morgan fingerprint density at radius 1 is 1.00 bits per heavy atom. The lowest BCUT2D eigenvalue weighted by molar-refractivity contribution is 0.0953. The first kappa shape index (κ1) is 27.1. The standard InChI is InChI=1S/C28H39NO5S/c1-33-27-21-25(34-19-10-4-9-13-23-11-5-2-6-12-23)16-17-26(27)28(30)29-18-20-35(31,32)22-24-14-7-3-8-15-24/h3,7-8,14-17,21,23H,2,4-6,9-13,18-20,22H2,1H3,(H,29,30). The van der Waals surface area contributed by atoms with E-state index in [0.29, 0.717) is 23.7 Å². The van der Waals surface area contributed by atoms with E-state index in [1.165, 1.54) is 58.5 Å². The van der Waals surface area contributed by atoms with Gasteiger partial charge in [0.25, 0.3) is 5.91 Å². The number of hydrogen-bond donors (Lipinski definition) is 1. The van der Waals surface area contributed by atoms with Crippen LogP contribution in [0.25, 0.3) is 0 Å². The highest BCUT2D eigenvalue weighted by molar-refractivity contribution is 7.90. The lowest BCUT2D eigenvalue weighted by Gasteiger charge is -2.21. The van der Waals surface area contributed by atoms with Gasteiger partial charge < -0.3 is 14.8 Å². The fraction of sp³-hybridized carbons (Fsp3) is 0.536. The second-order valence-corrected chi connectivity index (χ2v) is 11.6. The van der Waals surface area contributed by atoms with Crippen molar-refractivity contribution in [3.63, 3.8) is 0 Å². The molecule has 1 N–H and O–H groups in total. The molecule has 1 fully saturated rings. The summed E-state index contributed by atoms with van der Waals surface area (Å²) in [6.45, 7) is 0.675. The summed E-state index contributed by atoms with van der Waals surface area (Å²) >= 11 is 0. The molecule has 2 aromatic rings. The van der Waals surface area contributed by atoms with Crippen LogP contribution in [0.2, 0.25) is 0 Å². The number of methoxy groups -OCH3 is 1. The molecule has 192 valence electrons. The summed E-state index contributed by atoms with van der Waals surface area (Å²) in [6.07, 6.45) is 11.8. The minimum Gasteiger partial charge on any atom is -0.496 e. The van der Waals surface area contributed by atoms with E-state index in [9.17, 15) is 13.2 Å². The number of unbranched alkanes of at least 4 members (excludes halogenated alkanes) is 2. The molecule has 0 saturated heterocycles. The minimum atomic E-state index is -3.32. The van der Waals surface area contributed by atoms with Crippen LogP contribution < -0.4 is 14.8 Å². The Hall–Kier alpha value is -2.54. The van der Waals surface area contributed by atoms with Crippen molar-refractivity contribution in [2.45, 2.75) is 63.5 Å². The number of carbonyl (C=O) groups is 1. The van der Waals surface area contributed by atoms with Crippen LogP contribution in [-0.2, 0) is 15.6 Å². The first-order valence-electron chi connectivity index (χ1n) is 12.8. The molecule has 0 aliphatic heterocycles. The molecule has 35 heavy (non-hydrogen) atoms. The molecule has 0 spiro atoms. The summed E-state index contributed by atoms with van der Waals surface area (Å²) in [5.74, 6) is 1.46. The molecular weight excluding hydrogens is 462 g/mol. The smallest absolute Gasteiger partial charge is 0.255 e. The van der Waals surface area contributed by atoms with Crippen LogP contribution in [-0.4, -0.2) is 40.3 Å². The molecule has 3 rings (SSSR count). The number of nitrogens with one attached hydrogen (secondary N) is 1. The zero-order chi connectivity index (χ0) is 24.9. The van der Waals surface area contributed by atoms with Crippen LogP contribution in [0.5, 0.6) is 11.5 Å². The third kappa shape index (κ3) is 9.55. The molecule has 0 atom stereocenters. The molecule has 7 heteroatoms. The monoisotopic (exact) mass is 501 g/mol. The maximum absolute atomic E-state index is 12.6. The molecule has 0 heterocycles. The summed E-state index contributed by atoms with van der Waals surface area (Å²) in [7, 11) is -1.82. The third-order valence-corrected chi connectivity index (χ3v) is 8.20. The normalized spacial score (nSPS) is 14.4. The Bertz CT molecular complexity index is 1020. The number of sulfone groups is 1. The predicted octanol–water partition coefficient (Wildman–Crippen LogP) is 5.56. The summed E-state index contributed by atoms with van der Waals surface area (Å²) < 4.78 is 35.9. The van der Waals surface area contributed by atoms with E-state index in [1.54, 1.807) is 30.3 Å². The summed E-state index contributed by atoms with van der Waals surface area (Å²) in [4.78, 5) is 12.6.